The van der Waals surface area contributed by atoms with Crippen LogP contribution < -0.4 is 10.6 Å². The summed E-state index contributed by atoms with van der Waals surface area (Å²) in [7, 11) is 0. The van der Waals surface area contributed by atoms with Gasteiger partial charge in [-0.25, -0.2) is 0 Å². The van der Waals surface area contributed by atoms with E-state index in [1.807, 2.05) is 0 Å². The lowest BCUT2D eigenvalue weighted by molar-refractivity contribution is -0.138. The normalized spacial score (nSPS) is 18.9. The van der Waals surface area contributed by atoms with E-state index in [1.165, 1.54) is 12.1 Å². The number of benzene rings is 1. The van der Waals surface area contributed by atoms with Crippen molar-refractivity contribution in [1.29, 1.82) is 0 Å². The lowest BCUT2D eigenvalue weighted by atomic mass is 9.81. The number of hydrogen-bond donors (Lipinski definition) is 2. The van der Waals surface area contributed by atoms with Crippen molar-refractivity contribution >= 4 is 5.91 Å². The highest BCUT2D eigenvalue weighted by molar-refractivity contribution is 5.77. The lowest BCUT2D eigenvalue weighted by Gasteiger charge is -2.34. The molecule has 1 aliphatic heterocycles. The number of rotatable bonds is 5. The van der Waals surface area contributed by atoms with Crippen molar-refractivity contribution in [3.05, 3.63) is 35.4 Å². The number of halogens is 3. The molecule has 0 radical (unpaired) electrons. The predicted molar refractivity (Wildman–Crippen MR) is 87.7 cm³/mol. The van der Waals surface area contributed by atoms with Gasteiger partial charge in [-0.3, -0.25) is 4.79 Å². The van der Waals surface area contributed by atoms with E-state index in [0.29, 0.717) is 6.54 Å². The third kappa shape index (κ3) is 4.97. The summed E-state index contributed by atoms with van der Waals surface area (Å²) in [6.07, 6.45) is -2.37. The molecular formula is C18H25F3N2O. The Hall–Kier alpha value is -1.56. The second kappa shape index (κ2) is 7.55. The third-order valence-corrected chi connectivity index (χ3v) is 4.81. The van der Waals surface area contributed by atoms with E-state index < -0.39 is 17.7 Å². The molecule has 0 saturated carbocycles. The summed E-state index contributed by atoms with van der Waals surface area (Å²) in [5, 5.41) is 6.19. The molecule has 1 saturated heterocycles. The number of hydrogen-bond acceptors (Lipinski definition) is 2. The molecule has 1 atom stereocenters. The molecule has 24 heavy (non-hydrogen) atoms. The topological polar surface area (TPSA) is 41.1 Å². The fourth-order valence-corrected chi connectivity index (χ4v) is 3.16. The molecule has 6 heteroatoms. The Morgan fingerprint density at radius 2 is 1.92 bits per heavy atom. The van der Waals surface area contributed by atoms with Gasteiger partial charge in [-0.15, -0.1) is 0 Å². The SMILES string of the molecule is CC(CC(=O)NCC1(C)CCNCC1)c1ccccc1C(F)(F)F. The van der Waals surface area contributed by atoms with Crippen LogP contribution >= 0.6 is 0 Å². The zero-order chi connectivity index (χ0) is 17.8. The first-order chi connectivity index (χ1) is 11.2. The molecule has 1 aliphatic rings. The van der Waals surface area contributed by atoms with Gasteiger partial charge in [0.15, 0.2) is 0 Å². The van der Waals surface area contributed by atoms with Gasteiger partial charge in [-0.05, 0) is 48.9 Å². The average Bonchev–Trinajstić information content (AvgIpc) is 2.53. The molecule has 0 aliphatic carbocycles. The minimum atomic E-state index is -4.40. The number of alkyl halides is 3. The van der Waals surface area contributed by atoms with Gasteiger partial charge in [0.05, 0.1) is 5.56 Å². The van der Waals surface area contributed by atoms with E-state index in [0.717, 1.165) is 32.0 Å². The fourth-order valence-electron chi connectivity index (χ4n) is 3.16. The molecule has 1 amide bonds. The highest BCUT2D eigenvalue weighted by Crippen LogP contribution is 2.36. The number of carbonyl (C=O) groups excluding carboxylic acids is 1. The molecule has 1 heterocycles. The van der Waals surface area contributed by atoms with E-state index in [2.05, 4.69) is 17.6 Å². The second-order valence-corrected chi connectivity index (χ2v) is 7.03. The van der Waals surface area contributed by atoms with Crippen LogP contribution in [0.3, 0.4) is 0 Å². The largest absolute Gasteiger partial charge is 0.416 e. The first-order valence-electron chi connectivity index (χ1n) is 8.35. The van der Waals surface area contributed by atoms with Gasteiger partial charge in [0, 0.05) is 13.0 Å². The van der Waals surface area contributed by atoms with Gasteiger partial charge in [-0.2, -0.15) is 13.2 Å². The zero-order valence-electron chi connectivity index (χ0n) is 14.2. The first kappa shape index (κ1) is 18.8. The van der Waals surface area contributed by atoms with Crippen LogP contribution in [0.1, 0.15) is 50.2 Å². The smallest absolute Gasteiger partial charge is 0.356 e. The highest BCUT2D eigenvalue weighted by Gasteiger charge is 2.34. The van der Waals surface area contributed by atoms with Gasteiger partial charge in [0.2, 0.25) is 5.91 Å². The van der Waals surface area contributed by atoms with Gasteiger partial charge in [0.25, 0.3) is 0 Å². The number of amides is 1. The number of carbonyl (C=O) groups is 1. The highest BCUT2D eigenvalue weighted by atomic mass is 19.4. The predicted octanol–water partition coefficient (Wildman–Crippen LogP) is 3.70. The minimum absolute atomic E-state index is 0.0570. The molecule has 1 fully saturated rings. The summed E-state index contributed by atoms with van der Waals surface area (Å²) in [6, 6.07) is 5.47. The molecule has 3 nitrogen and oxygen atoms in total. The fraction of sp³-hybridized carbons (Fsp3) is 0.611. The van der Waals surface area contributed by atoms with Crippen molar-refractivity contribution < 1.29 is 18.0 Å². The molecule has 1 aromatic rings. The maximum absolute atomic E-state index is 13.1. The van der Waals surface area contributed by atoms with Crippen molar-refractivity contribution in [2.75, 3.05) is 19.6 Å². The van der Waals surface area contributed by atoms with Gasteiger partial charge in [0.1, 0.15) is 0 Å². The Balaban J connectivity index is 1.95. The van der Waals surface area contributed by atoms with E-state index in [-0.39, 0.29) is 23.3 Å². The second-order valence-electron chi connectivity index (χ2n) is 7.03. The summed E-state index contributed by atoms with van der Waals surface area (Å²) in [6.45, 7) is 6.23. The quantitative estimate of drug-likeness (QED) is 0.857. The summed E-state index contributed by atoms with van der Waals surface area (Å²) in [5.41, 5.74) is -0.419. The molecule has 2 N–H and O–H groups in total. The average molecular weight is 342 g/mol. The molecule has 0 spiro atoms. The Morgan fingerprint density at radius 1 is 1.29 bits per heavy atom. The van der Waals surface area contributed by atoms with Crippen LogP contribution in [0.15, 0.2) is 24.3 Å². The Labute approximate surface area is 141 Å². The Morgan fingerprint density at radius 3 is 2.54 bits per heavy atom. The summed E-state index contributed by atoms with van der Waals surface area (Å²) < 4.78 is 39.2. The van der Waals surface area contributed by atoms with Crippen molar-refractivity contribution in [1.82, 2.24) is 10.6 Å². The van der Waals surface area contributed by atoms with E-state index in [1.54, 1.807) is 13.0 Å². The molecule has 2 rings (SSSR count). The Kier molecular flexibility index (Phi) is 5.91. The van der Waals surface area contributed by atoms with Gasteiger partial charge >= 0.3 is 6.18 Å². The number of piperidine rings is 1. The minimum Gasteiger partial charge on any atom is -0.356 e. The summed E-state index contributed by atoms with van der Waals surface area (Å²) in [4.78, 5) is 12.2. The standard InChI is InChI=1S/C18H25F3N2O/c1-13(14-5-3-4-6-15(14)18(19,20)21)11-16(24)23-12-17(2)7-9-22-10-8-17/h3-6,13,22H,7-12H2,1-2H3,(H,23,24). The van der Waals surface area contributed by atoms with Crippen LogP contribution in [0.4, 0.5) is 13.2 Å². The van der Waals surface area contributed by atoms with Gasteiger partial charge in [-0.1, -0.05) is 32.0 Å². The lowest BCUT2D eigenvalue weighted by Crippen LogP contribution is -2.43. The van der Waals surface area contributed by atoms with Crippen LogP contribution in [0.5, 0.6) is 0 Å². The monoisotopic (exact) mass is 342 g/mol. The molecule has 0 aromatic heterocycles. The van der Waals surface area contributed by atoms with Crippen LogP contribution in [0, 0.1) is 5.41 Å². The molecule has 1 aromatic carbocycles. The molecule has 1 unspecified atom stereocenters. The third-order valence-electron chi connectivity index (χ3n) is 4.81. The van der Waals surface area contributed by atoms with Gasteiger partial charge < -0.3 is 10.6 Å². The molecule has 0 bridgehead atoms. The van der Waals surface area contributed by atoms with Crippen LogP contribution in [0.2, 0.25) is 0 Å². The van der Waals surface area contributed by atoms with Crippen LogP contribution in [0.25, 0.3) is 0 Å². The first-order valence-corrected chi connectivity index (χ1v) is 8.35. The summed E-state index contributed by atoms with van der Waals surface area (Å²) >= 11 is 0. The zero-order valence-corrected chi connectivity index (χ0v) is 14.2. The molecular weight excluding hydrogens is 317 g/mol. The molecule has 134 valence electrons. The van der Waals surface area contributed by atoms with Crippen molar-refractivity contribution in [2.45, 2.75) is 45.2 Å². The maximum Gasteiger partial charge on any atom is 0.416 e. The number of nitrogens with one attached hydrogen (secondary N) is 2. The Bertz CT molecular complexity index is 566. The van der Waals surface area contributed by atoms with E-state index in [4.69, 9.17) is 0 Å². The van der Waals surface area contributed by atoms with Crippen LogP contribution in [-0.4, -0.2) is 25.5 Å². The van der Waals surface area contributed by atoms with E-state index >= 15 is 0 Å². The summed E-state index contributed by atoms with van der Waals surface area (Å²) in [5.74, 6) is -0.678. The maximum atomic E-state index is 13.1. The van der Waals surface area contributed by atoms with Crippen molar-refractivity contribution in [3.8, 4) is 0 Å². The van der Waals surface area contributed by atoms with Crippen molar-refractivity contribution in [2.24, 2.45) is 5.41 Å². The van der Waals surface area contributed by atoms with Crippen LogP contribution in [-0.2, 0) is 11.0 Å². The van der Waals surface area contributed by atoms with E-state index in [9.17, 15) is 18.0 Å². The van der Waals surface area contributed by atoms with Crippen molar-refractivity contribution in [3.63, 3.8) is 0 Å².